The monoisotopic (exact) mass is 331 g/mol. The molecule has 5 heteroatoms. The number of nitrogens with zero attached hydrogens (tertiary/aromatic N) is 1. The predicted molar refractivity (Wildman–Crippen MR) is 93.3 cm³/mol. The van der Waals surface area contributed by atoms with E-state index in [1.54, 1.807) is 30.3 Å². The highest BCUT2D eigenvalue weighted by molar-refractivity contribution is 7.89. The second kappa shape index (κ2) is 7.55. The van der Waals surface area contributed by atoms with E-state index in [0.29, 0.717) is 5.56 Å². The fourth-order valence-corrected chi connectivity index (χ4v) is 3.69. The number of hydrogen-bond donors (Lipinski definition) is 1. The van der Waals surface area contributed by atoms with Crippen molar-refractivity contribution in [3.8, 4) is 0 Å². The molecule has 4 nitrogen and oxygen atoms in total. The summed E-state index contributed by atoms with van der Waals surface area (Å²) in [7, 11) is -0.721. The molecule has 2 rings (SSSR count). The molecular weight excluding hydrogens is 310 g/mol. The number of aliphatic hydroxyl groups excluding tert-OH is 1. The van der Waals surface area contributed by atoms with Gasteiger partial charge < -0.3 is 5.11 Å². The van der Waals surface area contributed by atoms with Gasteiger partial charge in [-0.25, -0.2) is 12.7 Å². The van der Waals surface area contributed by atoms with E-state index < -0.39 is 21.4 Å². The van der Waals surface area contributed by atoms with Crippen molar-refractivity contribution in [2.45, 2.75) is 11.4 Å². The van der Waals surface area contributed by atoms with E-state index in [-0.39, 0.29) is 0 Å². The lowest BCUT2D eigenvalue weighted by Crippen LogP contribution is -2.34. The van der Waals surface area contributed by atoms with Gasteiger partial charge in [0.2, 0.25) is 10.0 Å². The minimum absolute atomic E-state index is 0.561. The molecule has 2 unspecified atom stereocenters. The van der Waals surface area contributed by atoms with Crippen LogP contribution in [-0.4, -0.2) is 38.0 Å². The molecule has 23 heavy (non-hydrogen) atoms. The number of benzene rings is 2. The summed E-state index contributed by atoms with van der Waals surface area (Å²) in [5, 5.41) is 9.47. The zero-order chi connectivity index (χ0) is 16.9. The molecule has 122 valence electrons. The first-order chi connectivity index (χ1) is 10.9. The van der Waals surface area contributed by atoms with Crippen LogP contribution in [0.4, 0.5) is 0 Å². The van der Waals surface area contributed by atoms with Crippen LogP contribution in [0.15, 0.2) is 66.7 Å². The Hall–Kier alpha value is -1.95. The summed E-state index contributed by atoms with van der Waals surface area (Å²) in [6.07, 6.45) is 2.10. The third-order valence-corrected chi connectivity index (χ3v) is 5.76. The zero-order valence-electron chi connectivity index (χ0n) is 13.2. The molecule has 0 saturated carbocycles. The van der Waals surface area contributed by atoms with Gasteiger partial charge >= 0.3 is 0 Å². The first-order valence-electron chi connectivity index (χ1n) is 7.30. The number of aliphatic hydroxyl groups is 1. The summed E-state index contributed by atoms with van der Waals surface area (Å²) < 4.78 is 26.4. The molecule has 0 aliphatic carbocycles. The molecule has 2 aromatic rings. The van der Waals surface area contributed by atoms with Crippen molar-refractivity contribution in [2.75, 3.05) is 14.1 Å². The van der Waals surface area contributed by atoms with Crippen molar-refractivity contribution in [1.29, 1.82) is 0 Å². The van der Waals surface area contributed by atoms with Crippen LogP contribution in [0.2, 0.25) is 0 Å². The maximum Gasteiger partial charge on any atom is 0.223 e. The first-order valence-corrected chi connectivity index (χ1v) is 8.81. The van der Waals surface area contributed by atoms with Crippen LogP contribution in [0.3, 0.4) is 0 Å². The Bertz CT molecular complexity index is 740. The summed E-state index contributed by atoms with van der Waals surface area (Å²) >= 11 is 0. The molecule has 0 spiro atoms. The van der Waals surface area contributed by atoms with Gasteiger partial charge in [0.25, 0.3) is 0 Å². The Balaban J connectivity index is 2.36. The van der Waals surface area contributed by atoms with Gasteiger partial charge in [0, 0.05) is 14.1 Å². The van der Waals surface area contributed by atoms with E-state index in [1.807, 2.05) is 36.4 Å². The first kappa shape index (κ1) is 17.4. The van der Waals surface area contributed by atoms with Gasteiger partial charge in [0.05, 0.1) is 6.10 Å². The van der Waals surface area contributed by atoms with E-state index in [2.05, 4.69) is 0 Å². The van der Waals surface area contributed by atoms with Crippen molar-refractivity contribution in [1.82, 2.24) is 4.31 Å². The summed E-state index contributed by atoms with van der Waals surface area (Å²) in [6.45, 7) is 0. The summed E-state index contributed by atoms with van der Waals surface area (Å²) in [5.41, 5.74) is 1.46. The van der Waals surface area contributed by atoms with Crippen LogP contribution >= 0.6 is 0 Å². The maximum atomic E-state index is 12.6. The fourth-order valence-electron chi connectivity index (χ4n) is 2.29. The van der Waals surface area contributed by atoms with Gasteiger partial charge in [-0.1, -0.05) is 72.8 Å². The largest absolute Gasteiger partial charge is 0.387 e. The van der Waals surface area contributed by atoms with Crippen LogP contribution in [0.1, 0.15) is 16.4 Å². The zero-order valence-corrected chi connectivity index (χ0v) is 14.0. The molecule has 0 saturated heterocycles. The molecule has 2 aromatic carbocycles. The molecule has 0 amide bonds. The van der Waals surface area contributed by atoms with Gasteiger partial charge in [-0.3, -0.25) is 0 Å². The van der Waals surface area contributed by atoms with E-state index >= 15 is 0 Å². The van der Waals surface area contributed by atoms with Crippen LogP contribution < -0.4 is 0 Å². The minimum atomic E-state index is -3.66. The Morgan fingerprint density at radius 1 is 0.957 bits per heavy atom. The predicted octanol–water partition coefficient (Wildman–Crippen LogP) is 2.69. The minimum Gasteiger partial charge on any atom is -0.387 e. The van der Waals surface area contributed by atoms with Crippen LogP contribution in [-0.2, 0) is 10.0 Å². The second-order valence-corrected chi connectivity index (χ2v) is 7.69. The maximum absolute atomic E-state index is 12.6. The van der Waals surface area contributed by atoms with Gasteiger partial charge in [0.15, 0.2) is 0 Å². The third-order valence-electron chi connectivity index (χ3n) is 3.55. The van der Waals surface area contributed by atoms with Crippen LogP contribution in [0.5, 0.6) is 0 Å². The topological polar surface area (TPSA) is 57.6 Å². The van der Waals surface area contributed by atoms with Crippen molar-refractivity contribution >= 4 is 16.1 Å². The van der Waals surface area contributed by atoms with Crippen molar-refractivity contribution in [3.63, 3.8) is 0 Å². The SMILES string of the molecule is CN(C)S(=O)(=O)C(c1ccccc1)C(O)/C=C/c1ccccc1. The van der Waals surface area contributed by atoms with Crippen molar-refractivity contribution in [3.05, 3.63) is 77.9 Å². The molecule has 0 bridgehead atoms. The standard InChI is InChI=1S/C18H21NO3S/c1-19(2)23(21,22)18(16-11-7-4-8-12-16)17(20)14-13-15-9-5-3-6-10-15/h3-14,17-18,20H,1-2H3/b14-13+. The molecule has 0 radical (unpaired) electrons. The lowest BCUT2D eigenvalue weighted by molar-refractivity contribution is 0.214. The van der Waals surface area contributed by atoms with Crippen LogP contribution in [0, 0.1) is 0 Å². The lowest BCUT2D eigenvalue weighted by Gasteiger charge is -2.24. The highest BCUT2D eigenvalue weighted by atomic mass is 32.2. The molecule has 0 heterocycles. The van der Waals surface area contributed by atoms with E-state index in [1.165, 1.54) is 20.2 Å². The molecule has 0 aliphatic rings. The van der Waals surface area contributed by atoms with Gasteiger partial charge in [-0.15, -0.1) is 0 Å². The molecule has 0 fully saturated rings. The number of sulfonamides is 1. The van der Waals surface area contributed by atoms with E-state index in [0.717, 1.165) is 9.87 Å². The summed E-state index contributed by atoms with van der Waals surface area (Å²) in [4.78, 5) is 0. The molecule has 0 aromatic heterocycles. The lowest BCUT2D eigenvalue weighted by atomic mass is 10.1. The molecular formula is C18H21NO3S. The average molecular weight is 331 g/mol. The van der Waals surface area contributed by atoms with E-state index in [4.69, 9.17) is 0 Å². The average Bonchev–Trinajstić information content (AvgIpc) is 2.55. The summed E-state index contributed by atoms with van der Waals surface area (Å²) in [6, 6.07) is 18.2. The van der Waals surface area contributed by atoms with Gasteiger partial charge in [-0.05, 0) is 11.1 Å². The van der Waals surface area contributed by atoms with Crippen molar-refractivity contribution in [2.24, 2.45) is 0 Å². The number of hydrogen-bond acceptors (Lipinski definition) is 3. The van der Waals surface area contributed by atoms with Gasteiger partial charge in [0.1, 0.15) is 5.25 Å². The smallest absolute Gasteiger partial charge is 0.223 e. The van der Waals surface area contributed by atoms with E-state index in [9.17, 15) is 13.5 Å². The number of rotatable bonds is 6. The third kappa shape index (κ3) is 4.28. The molecule has 1 N–H and O–H groups in total. The molecule has 0 aliphatic heterocycles. The second-order valence-electron chi connectivity index (χ2n) is 5.42. The van der Waals surface area contributed by atoms with Crippen LogP contribution in [0.25, 0.3) is 6.08 Å². The van der Waals surface area contributed by atoms with Crippen molar-refractivity contribution < 1.29 is 13.5 Å². The fraction of sp³-hybridized carbons (Fsp3) is 0.222. The quantitative estimate of drug-likeness (QED) is 0.885. The Labute approximate surface area is 137 Å². The Morgan fingerprint density at radius 3 is 2.00 bits per heavy atom. The van der Waals surface area contributed by atoms with Gasteiger partial charge in [-0.2, -0.15) is 0 Å². The molecule has 2 atom stereocenters. The highest BCUT2D eigenvalue weighted by Gasteiger charge is 2.34. The summed E-state index contributed by atoms with van der Waals surface area (Å²) in [5.74, 6) is 0. The normalized spacial score (nSPS) is 15.0. The Morgan fingerprint density at radius 2 is 1.48 bits per heavy atom. The highest BCUT2D eigenvalue weighted by Crippen LogP contribution is 2.29. The Kier molecular flexibility index (Phi) is 5.71.